The van der Waals surface area contributed by atoms with Crippen LogP contribution >= 0.6 is 11.8 Å². The first kappa shape index (κ1) is 12.2. The van der Waals surface area contributed by atoms with Crippen molar-refractivity contribution in [3.8, 4) is 0 Å². The molecule has 0 aromatic heterocycles. The zero-order valence-corrected chi connectivity index (χ0v) is 10.7. The predicted octanol–water partition coefficient (Wildman–Crippen LogP) is 3.30. The van der Waals surface area contributed by atoms with Crippen LogP contribution in [0.25, 0.3) is 0 Å². The third kappa shape index (κ3) is 4.27. The van der Waals surface area contributed by atoms with Gasteiger partial charge in [-0.1, -0.05) is 18.2 Å². The van der Waals surface area contributed by atoms with E-state index in [-0.39, 0.29) is 5.12 Å². The second-order valence-electron chi connectivity index (χ2n) is 4.15. The number of carbonyl (C=O) groups excluding carboxylic acids is 1. The molecule has 90 valence electrons. The molecule has 1 fully saturated rings. The molecule has 17 heavy (non-hydrogen) atoms. The van der Waals surface area contributed by atoms with E-state index >= 15 is 0 Å². The highest BCUT2D eigenvalue weighted by atomic mass is 32.2. The fourth-order valence-corrected chi connectivity index (χ4v) is 2.53. The Hall–Kier alpha value is -1.22. The zero-order chi connectivity index (χ0) is 11.9. The van der Waals surface area contributed by atoms with Crippen LogP contribution < -0.4 is 0 Å². The Kier molecular flexibility index (Phi) is 4.68. The van der Waals surface area contributed by atoms with E-state index in [4.69, 9.17) is 0 Å². The third-order valence-corrected chi connectivity index (χ3v) is 3.62. The molecular formula is C14H17NOS. The number of hydrogen-bond donors (Lipinski definition) is 0. The lowest BCUT2D eigenvalue weighted by molar-refractivity contribution is -0.107. The lowest BCUT2D eigenvalue weighted by Gasteiger charge is -2.24. The molecule has 2 nitrogen and oxygen atoms in total. The molecule has 1 aromatic rings. The van der Waals surface area contributed by atoms with Crippen molar-refractivity contribution in [1.29, 1.82) is 0 Å². The summed E-state index contributed by atoms with van der Waals surface area (Å²) in [5.74, 6) is 0. The van der Waals surface area contributed by atoms with Gasteiger partial charge < -0.3 is 4.90 Å². The van der Waals surface area contributed by atoms with Crippen LogP contribution in [-0.2, 0) is 4.79 Å². The van der Waals surface area contributed by atoms with E-state index in [9.17, 15) is 4.79 Å². The molecule has 2 rings (SSSR count). The van der Waals surface area contributed by atoms with Gasteiger partial charge >= 0.3 is 0 Å². The number of piperidine rings is 1. The Morgan fingerprint density at radius 3 is 2.53 bits per heavy atom. The van der Waals surface area contributed by atoms with Gasteiger partial charge in [-0.2, -0.15) is 0 Å². The van der Waals surface area contributed by atoms with Gasteiger partial charge in [-0.05, 0) is 43.2 Å². The van der Waals surface area contributed by atoms with Gasteiger partial charge in [0.2, 0.25) is 5.12 Å². The van der Waals surface area contributed by atoms with Crippen molar-refractivity contribution >= 4 is 16.9 Å². The second kappa shape index (κ2) is 6.50. The monoisotopic (exact) mass is 247 g/mol. The summed E-state index contributed by atoms with van der Waals surface area (Å²) >= 11 is 1.28. The number of likely N-dealkylation sites (tertiary alicyclic amines) is 1. The van der Waals surface area contributed by atoms with Crippen molar-refractivity contribution < 1.29 is 4.79 Å². The molecule has 0 aliphatic carbocycles. The summed E-state index contributed by atoms with van der Waals surface area (Å²) in [7, 11) is 0. The first-order valence-corrected chi connectivity index (χ1v) is 6.85. The number of benzene rings is 1. The molecule has 1 saturated heterocycles. The highest BCUT2D eigenvalue weighted by molar-refractivity contribution is 8.14. The topological polar surface area (TPSA) is 20.3 Å². The van der Waals surface area contributed by atoms with Crippen LogP contribution in [0.4, 0.5) is 0 Å². The van der Waals surface area contributed by atoms with Crippen LogP contribution in [0.1, 0.15) is 19.3 Å². The second-order valence-corrected chi connectivity index (χ2v) is 5.22. The smallest absolute Gasteiger partial charge is 0.218 e. The fraction of sp³-hybridized carbons (Fsp3) is 0.357. The Morgan fingerprint density at radius 2 is 1.82 bits per heavy atom. The minimum absolute atomic E-state index is 0.0989. The van der Waals surface area contributed by atoms with Gasteiger partial charge in [0, 0.05) is 30.3 Å². The molecule has 1 aliphatic heterocycles. The Labute approximate surface area is 107 Å². The van der Waals surface area contributed by atoms with Gasteiger partial charge in [-0.3, -0.25) is 4.79 Å². The Morgan fingerprint density at radius 1 is 1.12 bits per heavy atom. The van der Waals surface area contributed by atoms with Crippen molar-refractivity contribution in [2.75, 3.05) is 13.1 Å². The first-order valence-electron chi connectivity index (χ1n) is 6.04. The number of thioether (sulfide) groups is 1. The summed E-state index contributed by atoms with van der Waals surface area (Å²) in [6.07, 6.45) is 7.42. The molecule has 0 saturated carbocycles. The van der Waals surface area contributed by atoms with E-state index in [1.807, 2.05) is 36.5 Å². The van der Waals surface area contributed by atoms with Crippen molar-refractivity contribution in [2.45, 2.75) is 24.2 Å². The molecule has 1 aliphatic rings. The number of hydrogen-bond acceptors (Lipinski definition) is 3. The maximum absolute atomic E-state index is 11.7. The lowest BCUT2D eigenvalue weighted by Crippen LogP contribution is -2.24. The molecule has 0 spiro atoms. The normalized spacial score (nSPS) is 16.4. The van der Waals surface area contributed by atoms with E-state index in [2.05, 4.69) is 4.90 Å². The quantitative estimate of drug-likeness (QED) is 0.604. The molecule has 3 heteroatoms. The van der Waals surface area contributed by atoms with E-state index in [1.165, 1.54) is 31.0 Å². The van der Waals surface area contributed by atoms with Crippen LogP contribution in [0.2, 0.25) is 0 Å². The van der Waals surface area contributed by atoms with Crippen LogP contribution in [0.5, 0.6) is 0 Å². The van der Waals surface area contributed by atoms with Crippen molar-refractivity contribution in [3.63, 3.8) is 0 Å². The number of nitrogens with zero attached hydrogens (tertiary/aromatic N) is 1. The average molecular weight is 247 g/mol. The van der Waals surface area contributed by atoms with E-state index in [0.29, 0.717) is 0 Å². The van der Waals surface area contributed by atoms with E-state index in [1.54, 1.807) is 6.08 Å². The molecule has 1 aromatic carbocycles. The van der Waals surface area contributed by atoms with E-state index < -0.39 is 0 Å². The Balaban J connectivity index is 1.82. The third-order valence-electron chi connectivity index (χ3n) is 2.77. The van der Waals surface area contributed by atoms with Gasteiger partial charge in [0.25, 0.3) is 0 Å². The summed E-state index contributed by atoms with van der Waals surface area (Å²) in [6, 6.07) is 9.76. The van der Waals surface area contributed by atoms with Gasteiger partial charge in [0.05, 0.1) is 0 Å². The number of rotatable bonds is 3. The first-order chi connectivity index (χ1) is 8.34. The minimum atomic E-state index is 0.0989. The van der Waals surface area contributed by atoms with Crippen molar-refractivity contribution in [3.05, 3.63) is 42.6 Å². The summed E-state index contributed by atoms with van der Waals surface area (Å²) in [6.45, 7) is 2.17. The summed E-state index contributed by atoms with van der Waals surface area (Å²) < 4.78 is 0. The fourth-order valence-electron chi connectivity index (χ4n) is 1.87. The predicted molar refractivity (Wildman–Crippen MR) is 71.9 cm³/mol. The molecule has 1 heterocycles. The summed E-state index contributed by atoms with van der Waals surface area (Å²) in [5, 5.41) is 0.0989. The van der Waals surface area contributed by atoms with E-state index in [0.717, 1.165) is 18.0 Å². The lowest BCUT2D eigenvalue weighted by atomic mass is 10.1. The largest absolute Gasteiger partial charge is 0.377 e. The van der Waals surface area contributed by atoms with Gasteiger partial charge in [0.15, 0.2) is 0 Å². The van der Waals surface area contributed by atoms with Gasteiger partial charge in [-0.25, -0.2) is 0 Å². The molecular weight excluding hydrogens is 230 g/mol. The van der Waals surface area contributed by atoms with Crippen LogP contribution in [0.15, 0.2) is 47.5 Å². The SMILES string of the molecule is O=C(/C=C/N1CCCCC1)Sc1ccccc1. The molecule has 0 radical (unpaired) electrons. The zero-order valence-electron chi connectivity index (χ0n) is 9.84. The van der Waals surface area contributed by atoms with Crippen LogP contribution in [0.3, 0.4) is 0 Å². The molecule has 0 atom stereocenters. The maximum atomic E-state index is 11.7. The van der Waals surface area contributed by atoms with Crippen LogP contribution in [0, 0.1) is 0 Å². The molecule has 0 bridgehead atoms. The van der Waals surface area contributed by atoms with Crippen molar-refractivity contribution in [1.82, 2.24) is 4.90 Å². The average Bonchev–Trinajstić information content (AvgIpc) is 2.39. The molecule has 0 N–H and O–H groups in total. The highest BCUT2D eigenvalue weighted by Crippen LogP contribution is 2.18. The maximum Gasteiger partial charge on any atom is 0.218 e. The standard InChI is InChI=1S/C14H17NOS/c16-14(17-13-7-3-1-4-8-13)9-12-15-10-5-2-6-11-15/h1,3-4,7-9,12H,2,5-6,10-11H2/b12-9+. The van der Waals surface area contributed by atoms with Crippen molar-refractivity contribution in [2.24, 2.45) is 0 Å². The number of carbonyl (C=O) groups is 1. The molecule has 0 amide bonds. The summed E-state index contributed by atoms with van der Waals surface area (Å²) in [5.41, 5.74) is 0. The van der Waals surface area contributed by atoms with Gasteiger partial charge in [-0.15, -0.1) is 0 Å². The minimum Gasteiger partial charge on any atom is -0.377 e. The van der Waals surface area contributed by atoms with Gasteiger partial charge in [0.1, 0.15) is 0 Å². The Bertz CT molecular complexity index is 382. The molecule has 0 unspecified atom stereocenters. The highest BCUT2D eigenvalue weighted by Gasteiger charge is 2.06. The van der Waals surface area contributed by atoms with Crippen LogP contribution in [-0.4, -0.2) is 23.1 Å². The summed E-state index contributed by atoms with van der Waals surface area (Å²) in [4.78, 5) is 14.9.